The van der Waals surface area contributed by atoms with Crippen LogP contribution < -0.4 is 5.73 Å². The molecule has 0 aliphatic carbocycles. The van der Waals surface area contributed by atoms with Crippen molar-refractivity contribution >= 4 is 5.91 Å². The molecule has 0 aliphatic rings. The Morgan fingerprint density at radius 3 is 2.73 bits per heavy atom. The number of aryl methyl sites for hydroxylation is 1. The molecule has 0 saturated carbocycles. The first-order valence-electron chi connectivity index (χ1n) is 5.42. The first-order valence-corrected chi connectivity index (χ1v) is 5.42. The highest BCUT2D eigenvalue weighted by Gasteiger charge is 2.24. The summed E-state index contributed by atoms with van der Waals surface area (Å²) in [6.45, 7) is 6.21. The Kier molecular flexibility index (Phi) is 3.56. The molecule has 0 fully saturated rings. The SMILES string of the molecule is CCCc1c[nH]c(C(C)(C)CC(N)=O)c1. The van der Waals surface area contributed by atoms with Gasteiger partial charge in [-0.2, -0.15) is 0 Å². The van der Waals surface area contributed by atoms with Crippen LogP contribution in [0.25, 0.3) is 0 Å². The van der Waals surface area contributed by atoms with Crippen LogP contribution in [-0.4, -0.2) is 10.9 Å². The van der Waals surface area contributed by atoms with Crippen LogP contribution in [0.4, 0.5) is 0 Å². The summed E-state index contributed by atoms with van der Waals surface area (Å²) in [5, 5.41) is 0. The second-order valence-corrected chi connectivity index (χ2v) is 4.70. The Labute approximate surface area is 91.1 Å². The Morgan fingerprint density at radius 1 is 1.53 bits per heavy atom. The molecule has 0 saturated heterocycles. The topological polar surface area (TPSA) is 58.9 Å². The van der Waals surface area contributed by atoms with Gasteiger partial charge in [0.05, 0.1) is 0 Å². The number of hydrogen-bond donors (Lipinski definition) is 2. The van der Waals surface area contributed by atoms with E-state index in [0.717, 1.165) is 18.5 Å². The first kappa shape index (κ1) is 11.8. The fourth-order valence-corrected chi connectivity index (χ4v) is 1.79. The van der Waals surface area contributed by atoms with Crippen molar-refractivity contribution in [2.75, 3.05) is 0 Å². The number of primary amides is 1. The lowest BCUT2D eigenvalue weighted by Crippen LogP contribution is -2.26. The minimum Gasteiger partial charge on any atom is -0.370 e. The third kappa shape index (κ3) is 3.11. The number of aromatic amines is 1. The normalized spacial score (nSPS) is 11.7. The number of aromatic nitrogens is 1. The summed E-state index contributed by atoms with van der Waals surface area (Å²) in [6.07, 6.45) is 4.59. The molecule has 15 heavy (non-hydrogen) atoms. The fraction of sp³-hybridized carbons (Fsp3) is 0.583. The Hall–Kier alpha value is -1.25. The molecule has 1 rings (SSSR count). The van der Waals surface area contributed by atoms with E-state index in [2.05, 4.69) is 18.0 Å². The zero-order valence-corrected chi connectivity index (χ0v) is 9.76. The molecule has 3 heteroatoms. The maximum Gasteiger partial charge on any atom is 0.218 e. The van der Waals surface area contributed by atoms with Gasteiger partial charge in [0.15, 0.2) is 0 Å². The van der Waals surface area contributed by atoms with Crippen molar-refractivity contribution in [2.24, 2.45) is 5.73 Å². The minimum absolute atomic E-state index is 0.197. The van der Waals surface area contributed by atoms with Gasteiger partial charge < -0.3 is 10.7 Å². The third-order valence-electron chi connectivity index (χ3n) is 2.63. The lowest BCUT2D eigenvalue weighted by molar-refractivity contribution is -0.119. The van der Waals surface area contributed by atoms with Crippen LogP contribution in [0.15, 0.2) is 12.3 Å². The Balaban J connectivity index is 2.80. The second-order valence-electron chi connectivity index (χ2n) is 4.70. The molecule has 3 nitrogen and oxygen atoms in total. The van der Waals surface area contributed by atoms with Crippen molar-refractivity contribution in [3.8, 4) is 0 Å². The molecule has 1 aromatic heterocycles. The van der Waals surface area contributed by atoms with Crippen LogP contribution in [0, 0.1) is 0 Å². The van der Waals surface area contributed by atoms with E-state index >= 15 is 0 Å². The Bertz CT molecular complexity index is 339. The maximum atomic E-state index is 10.9. The van der Waals surface area contributed by atoms with Crippen LogP contribution in [0.1, 0.15) is 44.9 Å². The predicted molar refractivity (Wildman–Crippen MR) is 61.6 cm³/mol. The van der Waals surface area contributed by atoms with E-state index in [0.29, 0.717) is 6.42 Å². The van der Waals surface area contributed by atoms with E-state index in [4.69, 9.17) is 5.73 Å². The number of nitrogens with two attached hydrogens (primary N) is 1. The Morgan fingerprint density at radius 2 is 2.20 bits per heavy atom. The van der Waals surface area contributed by atoms with E-state index in [1.165, 1.54) is 5.56 Å². The van der Waals surface area contributed by atoms with Crippen molar-refractivity contribution < 1.29 is 4.79 Å². The molecular weight excluding hydrogens is 188 g/mol. The molecule has 0 aliphatic heterocycles. The summed E-state index contributed by atoms with van der Waals surface area (Å²) >= 11 is 0. The number of amides is 1. The zero-order chi connectivity index (χ0) is 11.5. The summed E-state index contributed by atoms with van der Waals surface area (Å²) < 4.78 is 0. The number of H-pyrrole nitrogens is 1. The molecule has 1 heterocycles. The molecule has 84 valence electrons. The van der Waals surface area contributed by atoms with Gasteiger partial charge in [-0.05, 0) is 18.1 Å². The molecular formula is C12H20N2O. The number of nitrogens with one attached hydrogen (secondary N) is 1. The standard InChI is InChI=1S/C12H20N2O/c1-4-5-9-6-10(14-8-9)12(2,3)7-11(13)15/h6,8,14H,4-5,7H2,1-3H3,(H2,13,15). The van der Waals surface area contributed by atoms with E-state index in [1.54, 1.807) is 0 Å². The lowest BCUT2D eigenvalue weighted by Gasteiger charge is -2.21. The first-order chi connectivity index (χ1) is 6.95. The van der Waals surface area contributed by atoms with Crippen LogP contribution in [-0.2, 0) is 16.6 Å². The van der Waals surface area contributed by atoms with Gasteiger partial charge in [0.2, 0.25) is 5.91 Å². The molecule has 0 aromatic carbocycles. The number of rotatable bonds is 5. The monoisotopic (exact) mass is 208 g/mol. The average molecular weight is 208 g/mol. The second kappa shape index (κ2) is 4.51. The molecule has 1 amide bonds. The number of carbonyl (C=O) groups is 1. The molecule has 3 N–H and O–H groups in total. The van der Waals surface area contributed by atoms with Crippen molar-refractivity contribution in [2.45, 2.75) is 45.4 Å². The van der Waals surface area contributed by atoms with Gasteiger partial charge in [0.1, 0.15) is 0 Å². The molecule has 0 atom stereocenters. The van der Waals surface area contributed by atoms with Crippen molar-refractivity contribution in [1.29, 1.82) is 0 Å². The highest BCUT2D eigenvalue weighted by atomic mass is 16.1. The minimum atomic E-state index is -0.258. The van der Waals surface area contributed by atoms with Crippen LogP contribution in [0.3, 0.4) is 0 Å². The van der Waals surface area contributed by atoms with Crippen molar-refractivity contribution in [3.05, 3.63) is 23.5 Å². The smallest absolute Gasteiger partial charge is 0.218 e. The van der Waals surface area contributed by atoms with Crippen LogP contribution in [0.5, 0.6) is 0 Å². The number of hydrogen-bond acceptors (Lipinski definition) is 1. The largest absolute Gasteiger partial charge is 0.370 e. The van der Waals surface area contributed by atoms with E-state index in [9.17, 15) is 4.79 Å². The summed E-state index contributed by atoms with van der Waals surface area (Å²) in [6, 6.07) is 2.13. The molecule has 0 unspecified atom stereocenters. The molecule has 0 radical (unpaired) electrons. The van der Waals surface area contributed by atoms with Gasteiger partial charge in [0.25, 0.3) is 0 Å². The van der Waals surface area contributed by atoms with E-state index < -0.39 is 0 Å². The van der Waals surface area contributed by atoms with Gasteiger partial charge in [-0.3, -0.25) is 4.79 Å². The lowest BCUT2D eigenvalue weighted by atomic mass is 9.85. The maximum absolute atomic E-state index is 10.9. The van der Waals surface area contributed by atoms with Crippen LogP contribution in [0.2, 0.25) is 0 Å². The van der Waals surface area contributed by atoms with E-state index in [1.807, 2.05) is 20.0 Å². The van der Waals surface area contributed by atoms with Gasteiger partial charge in [-0.15, -0.1) is 0 Å². The quantitative estimate of drug-likeness (QED) is 0.765. The summed E-state index contributed by atoms with van der Waals surface area (Å²) in [7, 11) is 0. The van der Waals surface area contributed by atoms with Crippen molar-refractivity contribution in [3.63, 3.8) is 0 Å². The third-order valence-corrected chi connectivity index (χ3v) is 2.63. The molecule has 0 bridgehead atoms. The van der Waals surface area contributed by atoms with Crippen LogP contribution >= 0.6 is 0 Å². The highest BCUT2D eigenvalue weighted by molar-refractivity contribution is 5.75. The van der Waals surface area contributed by atoms with Gasteiger partial charge in [-0.25, -0.2) is 0 Å². The summed E-state index contributed by atoms with van der Waals surface area (Å²) in [5.74, 6) is -0.258. The zero-order valence-electron chi connectivity index (χ0n) is 9.76. The highest BCUT2D eigenvalue weighted by Crippen LogP contribution is 2.26. The molecule has 1 aromatic rings. The summed E-state index contributed by atoms with van der Waals surface area (Å²) in [4.78, 5) is 14.2. The van der Waals surface area contributed by atoms with E-state index in [-0.39, 0.29) is 11.3 Å². The average Bonchev–Trinajstić information content (AvgIpc) is 2.51. The van der Waals surface area contributed by atoms with Gasteiger partial charge >= 0.3 is 0 Å². The predicted octanol–water partition coefficient (Wildman–Crippen LogP) is 2.12. The summed E-state index contributed by atoms with van der Waals surface area (Å²) in [5.41, 5.74) is 7.42. The van der Waals surface area contributed by atoms with Gasteiger partial charge in [0, 0.05) is 23.7 Å². The number of carbonyl (C=O) groups excluding carboxylic acids is 1. The van der Waals surface area contributed by atoms with Crippen molar-refractivity contribution in [1.82, 2.24) is 4.98 Å². The fourth-order valence-electron chi connectivity index (χ4n) is 1.79. The molecule has 0 spiro atoms. The van der Waals surface area contributed by atoms with Gasteiger partial charge in [-0.1, -0.05) is 27.2 Å².